The Labute approximate surface area is 167 Å². The molecule has 0 unspecified atom stereocenters. The summed E-state index contributed by atoms with van der Waals surface area (Å²) in [5.41, 5.74) is 9.25. The Morgan fingerprint density at radius 3 is 2.61 bits per heavy atom. The number of carbonyl (C=O) groups excluding carboxylic acids is 2. The number of primary amides is 1. The van der Waals surface area contributed by atoms with E-state index < -0.39 is 5.91 Å². The maximum Gasteiger partial charge on any atom is 0.251 e. The van der Waals surface area contributed by atoms with E-state index in [1.807, 2.05) is 58.0 Å². The average molecular weight is 398 g/mol. The number of pyridine rings is 1. The van der Waals surface area contributed by atoms with E-state index in [9.17, 15) is 9.59 Å². The summed E-state index contributed by atoms with van der Waals surface area (Å²) in [5, 5.41) is 4.40. The van der Waals surface area contributed by atoms with Gasteiger partial charge in [-0.3, -0.25) is 9.59 Å². The molecule has 0 saturated heterocycles. The zero-order valence-electron chi connectivity index (χ0n) is 16.3. The van der Waals surface area contributed by atoms with E-state index in [4.69, 9.17) is 10.2 Å². The second-order valence-corrected chi connectivity index (χ2v) is 7.72. The monoisotopic (exact) mass is 397 g/mol. The molecular formula is C21H23N3O3S. The number of aryl methyl sites for hydroxylation is 1. The Hall–Kier alpha value is -2.80. The summed E-state index contributed by atoms with van der Waals surface area (Å²) < 4.78 is 5.79. The first kappa shape index (κ1) is 19.9. The molecule has 28 heavy (non-hydrogen) atoms. The van der Waals surface area contributed by atoms with Gasteiger partial charge < -0.3 is 15.5 Å². The van der Waals surface area contributed by atoms with Crippen molar-refractivity contribution in [1.82, 2.24) is 10.3 Å². The molecule has 0 saturated carbocycles. The summed E-state index contributed by atoms with van der Waals surface area (Å²) >= 11 is 1.21. The molecule has 6 nitrogen and oxygen atoms in total. The number of thioether (sulfide) groups is 1. The van der Waals surface area contributed by atoms with Gasteiger partial charge in [-0.2, -0.15) is 0 Å². The molecule has 2 heterocycles. The number of amides is 2. The maximum absolute atomic E-state index is 12.4. The van der Waals surface area contributed by atoms with E-state index in [0.29, 0.717) is 16.3 Å². The third-order valence-corrected chi connectivity index (χ3v) is 5.77. The fourth-order valence-corrected chi connectivity index (χ4v) is 3.96. The third kappa shape index (κ3) is 4.04. The molecule has 0 spiro atoms. The number of rotatable bonds is 6. The van der Waals surface area contributed by atoms with E-state index >= 15 is 0 Å². The zero-order valence-corrected chi connectivity index (χ0v) is 17.1. The highest BCUT2D eigenvalue weighted by Crippen LogP contribution is 2.27. The van der Waals surface area contributed by atoms with Gasteiger partial charge >= 0.3 is 0 Å². The molecule has 0 aliphatic carbocycles. The summed E-state index contributed by atoms with van der Waals surface area (Å²) in [4.78, 5) is 28.7. The normalized spacial score (nSPS) is 12.1. The zero-order chi connectivity index (χ0) is 20.4. The van der Waals surface area contributed by atoms with E-state index in [2.05, 4.69) is 10.3 Å². The Kier molecular flexibility index (Phi) is 5.74. The number of hydrogen-bond acceptors (Lipinski definition) is 5. The molecule has 0 radical (unpaired) electrons. The lowest BCUT2D eigenvalue weighted by atomic mass is 10.0. The van der Waals surface area contributed by atoms with Gasteiger partial charge in [0.05, 0.1) is 17.4 Å². The summed E-state index contributed by atoms with van der Waals surface area (Å²) in [6.45, 7) is 7.49. The number of para-hydroxylation sites is 1. The van der Waals surface area contributed by atoms with Crippen molar-refractivity contribution >= 4 is 34.5 Å². The summed E-state index contributed by atoms with van der Waals surface area (Å²) in [6.07, 6.45) is 0. The first-order chi connectivity index (χ1) is 13.3. The van der Waals surface area contributed by atoms with Crippen molar-refractivity contribution in [2.24, 2.45) is 5.73 Å². The molecule has 2 aromatic heterocycles. The van der Waals surface area contributed by atoms with Crippen LogP contribution in [0.25, 0.3) is 11.0 Å². The van der Waals surface area contributed by atoms with Gasteiger partial charge in [0.1, 0.15) is 16.4 Å². The molecule has 1 atom stereocenters. The summed E-state index contributed by atoms with van der Waals surface area (Å²) in [5.74, 6) is 0.106. The van der Waals surface area contributed by atoms with Crippen molar-refractivity contribution in [1.29, 1.82) is 0 Å². The predicted molar refractivity (Wildman–Crippen MR) is 110 cm³/mol. The first-order valence-electron chi connectivity index (χ1n) is 8.96. The van der Waals surface area contributed by atoms with Gasteiger partial charge in [0.25, 0.3) is 5.91 Å². The van der Waals surface area contributed by atoms with Gasteiger partial charge in [-0.25, -0.2) is 4.98 Å². The first-order valence-corrected chi connectivity index (χ1v) is 9.94. The number of nitrogens with one attached hydrogen (secondary N) is 1. The number of fused-ring (bicyclic) bond motifs is 1. The molecule has 2 amide bonds. The molecule has 1 aromatic carbocycles. The fraction of sp³-hybridized carbons (Fsp3) is 0.286. The van der Waals surface area contributed by atoms with E-state index in [-0.39, 0.29) is 17.7 Å². The molecule has 0 aliphatic heterocycles. The van der Waals surface area contributed by atoms with Crippen LogP contribution >= 0.6 is 11.8 Å². The highest BCUT2D eigenvalue weighted by molar-refractivity contribution is 8.00. The second kappa shape index (κ2) is 8.06. The van der Waals surface area contributed by atoms with Gasteiger partial charge in [-0.15, -0.1) is 0 Å². The number of nitrogens with two attached hydrogens (primary N) is 1. The second-order valence-electron chi connectivity index (χ2n) is 6.76. The van der Waals surface area contributed by atoms with E-state index in [1.165, 1.54) is 11.8 Å². The predicted octanol–water partition coefficient (Wildman–Crippen LogP) is 3.82. The van der Waals surface area contributed by atoms with Gasteiger partial charge in [0.2, 0.25) is 5.91 Å². The van der Waals surface area contributed by atoms with E-state index in [1.54, 1.807) is 0 Å². The summed E-state index contributed by atoms with van der Waals surface area (Å²) in [7, 11) is 0. The minimum atomic E-state index is -0.536. The van der Waals surface area contributed by atoms with Crippen LogP contribution in [0.15, 0.2) is 39.8 Å². The molecule has 7 heteroatoms. The van der Waals surface area contributed by atoms with Crippen molar-refractivity contribution < 1.29 is 14.0 Å². The number of benzene rings is 1. The van der Waals surface area contributed by atoms with Gasteiger partial charge in [-0.05, 0) is 51.0 Å². The SMILES string of the molecule is Cc1nc(SCC(=O)N[C@@H](C)c2cc3ccccc3o2)c(C(N)=O)c(C)c1C. The summed E-state index contributed by atoms with van der Waals surface area (Å²) in [6, 6.07) is 9.35. The number of furan rings is 1. The molecule has 3 rings (SSSR count). The molecule has 0 bridgehead atoms. The lowest BCUT2D eigenvalue weighted by Gasteiger charge is -2.14. The van der Waals surface area contributed by atoms with Crippen LogP contribution in [0.2, 0.25) is 0 Å². The van der Waals surface area contributed by atoms with Crippen molar-refractivity contribution in [2.75, 3.05) is 5.75 Å². The number of aromatic nitrogens is 1. The van der Waals surface area contributed by atoms with Crippen molar-refractivity contribution in [3.05, 3.63) is 58.5 Å². The Balaban J connectivity index is 1.69. The number of hydrogen-bond donors (Lipinski definition) is 2. The van der Waals surface area contributed by atoms with Crippen molar-refractivity contribution in [3.8, 4) is 0 Å². The van der Waals surface area contributed by atoms with Gasteiger partial charge in [-0.1, -0.05) is 30.0 Å². The van der Waals surface area contributed by atoms with Crippen molar-refractivity contribution in [3.63, 3.8) is 0 Å². The van der Waals surface area contributed by atoms with Gasteiger partial charge in [0.15, 0.2) is 0 Å². The van der Waals surface area contributed by atoms with Crippen LogP contribution in [0, 0.1) is 20.8 Å². The molecule has 146 valence electrons. The van der Waals surface area contributed by atoms with Gasteiger partial charge in [0, 0.05) is 11.1 Å². The molecule has 3 N–H and O–H groups in total. The smallest absolute Gasteiger partial charge is 0.251 e. The third-order valence-electron chi connectivity index (χ3n) is 4.80. The molecule has 3 aromatic rings. The maximum atomic E-state index is 12.4. The molecule has 0 fully saturated rings. The lowest BCUT2D eigenvalue weighted by Crippen LogP contribution is -2.28. The van der Waals surface area contributed by atoms with Crippen LogP contribution in [-0.2, 0) is 4.79 Å². The number of nitrogens with zero attached hydrogens (tertiary/aromatic N) is 1. The van der Waals surface area contributed by atoms with Crippen LogP contribution < -0.4 is 11.1 Å². The van der Waals surface area contributed by atoms with Crippen LogP contribution in [0.4, 0.5) is 0 Å². The largest absolute Gasteiger partial charge is 0.459 e. The van der Waals surface area contributed by atoms with Crippen LogP contribution in [0.1, 0.15) is 45.9 Å². The minimum Gasteiger partial charge on any atom is -0.459 e. The standard InChI is InChI=1S/C21H23N3O3S/c1-11-12(2)19(20(22)26)21(24-13(11)3)28-10-18(25)23-14(4)17-9-15-7-5-6-8-16(15)27-17/h5-9,14H,10H2,1-4H3,(H2,22,26)(H,23,25)/t14-/m0/s1. The molecular weight excluding hydrogens is 374 g/mol. The van der Waals surface area contributed by atoms with Crippen LogP contribution in [0.3, 0.4) is 0 Å². The Morgan fingerprint density at radius 2 is 1.93 bits per heavy atom. The van der Waals surface area contributed by atoms with Crippen LogP contribution in [-0.4, -0.2) is 22.6 Å². The quantitative estimate of drug-likeness (QED) is 0.616. The highest BCUT2D eigenvalue weighted by Gasteiger charge is 2.19. The minimum absolute atomic E-state index is 0.125. The average Bonchev–Trinajstić information content (AvgIpc) is 3.08. The van der Waals surface area contributed by atoms with Crippen molar-refractivity contribution in [2.45, 2.75) is 38.8 Å². The Bertz CT molecular complexity index is 1030. The van der Waals surface area contributed by atoms with E-state index in [0.717, 1.165) is 27.8 Å². The lowest BCUT2D eigenvalue weighted by molar-refractivity contribution is -0.119. The fourth-order valence-electron chi connectivity index (χ4n) is 3.01. The highest BCUT2D eigenvalue weighted by atomic mass is 32.2. The Morgan fingerprint density at radius 1 is 1.21 bits per heavy atom. The molecule has 0 aliphatic rings. The number of carbonyl (C=O) groups is 2. The topological polar surface area (TPSA) is 98.2 Å². The van der Waals surface area contributed by atoms with Crippen LogP contribution in [0.5, 0.6) is 0 Å².